The van der Waals surface area contributed by atoms with Gasteiger partial charge in [-0.1, -0.05) is 47.5 Å². The van der Waals surface area contributed by atoms with Crippen LogP contribution in [0.25, 0.3) is 0 Å². The van der Waals surface area contributed by atoms with Crippen LogP contribution >= 0.6 is 23.2 Å². The first-order valence-corrected chi connectivity index (χ1v) is 10.1. The van der Waals surface area contributed by atoms with Crippen LogP contribution in [-0.4, -0.2) is 27.6 Å². The van der Waals surface area contributed by atoms with Crippen molar-refractivity contribution in [2.45, 2.75) is 33.5 Å². The molecule has 0 radical (unpaired) electrons. The number of benzene rings is 2. The van der Waals surface area contributed by atoms with E-state index in [1.807, 2.05) is 55.5 Å². The normalized spacial score (nSPS) is 10.8. The van der Waals surface area contributed by atoms with Gasteiger partial charge in [0.25, 0.3) is 0 Å². The van der Waals surface area contributed by atoms with Crippen molar-refractivity contribution < 1.29 is 4.79 Å². The largest absolute Gasteiger partial charge is 0.381 e. The van der Waals surface area contributed by atoms with Gasteiger partial charge in [-0.05, 0) is 42.3 Å². The van der Waals surface area contributed by atoms with E-state index in [0.29, 0.717) is 29.8 Å². The van der Waals surface area contributed by atoms with E-state index in [0.717, 1.165) is 28.1 Å². The maximum atomic E-state index is 11.4. The predicted octanol–water partition coefficient (Wildman–Crippen LogP) is 5.14. The summed E-state index contributed by atoms with van der Waals surface area (Å²) in [5.41, 5.74) is 4.98. The summed E-state index contributed by atoms with van der Waals surface area (Å²) < 4.78 is 1.80. The molecule has 2 aromatic carbocycles. The van der Waals surface area contributed by atoms with Crippen molar-refractivity contribution in [3.63, 3.8) is 0 Å². The van der Waals surface area contributed by atoms with Crippen LogP contribution in [0.3, 0.4) is 0 Å². The number of hydrogen-bond acceptors (Lipinski definition) is 3. The van der Waals surface area contributed by atoms with Crippen LogP contribution in [0.4, 0.5) is 5.69 Å². The molecule has 0 aliphatic rings. The Labute approximate surface area is 181 Å². The number of nitrogens with one attached hydrogen (secondary N) is 1. The highest BCUT2D eigenvalue weighted by atomic mass is 35.5. The summed E-state index contributed by atoms with van der Waals surface area (Å²) in [6, 6.07) is 15.7. The SMILES string of the molecule is CC(=O)N(C)Cc1cccc(NCc2c(C)nn(Cc3ccc(Cl)cc3)c2Cl)c1. The highest BCUT2D eigenvalue weighted by Crippen LogP contribution is 2.23. The second kappa shape index (κ2) is 9.33. The van der Waals surface area contributed by atoms with Crippen LogP contribution in [0.15, 0.2) is 48.5 Å². The molecule has 5 nitrogen and oxygen atoms in total. The van der Waals surface area contributed by atoms with Crippen molar-refractivity contribution in [3.8, 4) is 0 Å². The van der Waals surface area contributed by atoms with Gasteiger partial charge in [-0.3, -0.25) is 4.79 Å². The molecule has 0 unspecified atom stereocenters. The molecule has 0 bridgehead atoms. The molecule has 0 aliphatic carbocycles. The van der Waals surface area contributed by atoms with E-state index in [1.54, 1.807) is 23.6 Å². The third-order valence-electron chi connectivity index (χ3n) is 4.78. The van der Waals surface area contributed by atoms with Gasteiger partial charge in [0.05, 0.1) is 12.2 Å². The molecule has 0 saturated carbocycles. The molecule has 1 N–H and O–H groups in total. The van der Waals surface area contributed by atoms with E-state index in [4.69, 9.17) is 23.2 Å². The first kappa shape index (κ1) is 21.2. The minimum Gasteiger partial charge on any atom is -0.381 e. The second-order valence-corrected chi connectivity index (χ2v) is 7.86. The lowest BCUT2D eigenvalue weighted by Gasteiger charge is -2.15. The van der Waals surface area contributed by atoms with Gasteiger partial charge in [-0.15, -0.1) is 0 Å². The number of carbonyl (C=O) groups excluding carboxylic acids is 1. The summed E-state index contributed by atoms with van der Waals surface area (Å²) >= 11 is 12.6. The molecular weight excluding hydrogens is 407 g/mol. The fourth-order valence-electron chi connectivity index (χ4n) is 3.01. The lowest BCUT2D eigenvalue weighted by molar-refractivity contribution is -0.128. The Morgan fingerprint density at radius 1 is 1.14 bits per heavy atom. The molecule has 29 heavy (non-hydrogen) atoms. The summed E-state index contributed by atoms with van der Waals surface area (Å²) in [5, 5.41) is 9.32. The molecule has 1 heterocycles. The number of halogens is 2. The van der Waals surface area contributed by atoms with E-state index in [1.165, 1.54) is 0 Å². The molecule has 0 fully saturated rings. The number of anilines is 1. The molecule has 3 rings (SSSR count). The average Bonchev–Trinajstić information content (AvgIpc) is 2.95. The maximum Gasteiger partial charge on any atom is 0.219 e. The molecule has 0 aliphatic heterocycles. The summed E-state index contributed by atoms with van der Waals surface area (Å²) in [4.78, 5) is 13.1. The quantitative estimate of drug-likeness (QED) is 0.564. The zero-order chi connectivity index (χ0) is 21.0. The van der Waals surface area contributed by atoms with Crippen LogP contribution in [0.5, 0.6) is 0 Å². The molecule has 1 aromatic heterocycles. The third-order valence-corrected chi connectivity index (χ3v) is 5.46. The summed E-state index contributed by atoms with van der Waals surface area (Å²) in [6.07, 6.45) is 0. The molecule has 0 spiro atoms. The molecule has 0 saturated heterocycles. The van der Waals surface area contributed by atoms with Crippen molar-refractivity contribution in [3.05, 3.63) is 81.1 Å². The minimum atomic E-state index is 0.0406. The van der Waals surface area contributed by atoms with Crippen molar-refractivity contribution in [1.29, 1.82) is 0 Å². The zero-order valence-corrected chi connectivity index (χ0v) is 18.3. The third kappa shape index (κ3) is 5.52. The van der Waals surface area contributed by atoms with E-state index < -0.39 is 0 Å². The molecule has 152 valence electrons. The van der Waals surface area contributed by atoms with E-state index in [9.17, 15) is 4.79 Å². The Kier molecular flexibility index (Phi) is 6.83. The van der Waals surface area contributed by atoms with E-state index in [2.05, 4.69) is 10.4 Å². The van der Waals surface area contributed by atoms with Crippen molar-refractivity contribution in [2.24, 2.45) is 0 Å². The van der Waals surface area contributed by atoms with Gasteiger partial charge in [0.2, 0.25) is 5.91 Å². The summed E-state index contributed by atoms with van der Waals surface area (Å²) in [5.74, 6) is 0.0406. The Balaban J connectivity index is 1.69. The van der Waals surface area contributed by atoms with Gasteiger partial charge in [0.15, 0.2) is 0 Å². The van der Waals surface area contributed by atoms with Crippen molar-refractivity contribution >= 4 is 34.8 Å². The number of amides is 1. The lowest BCUT2D eigenvalue weighted by atomic mass is 10.2. The Morgan fingerprint density at radius 2 is 1.86 bits per heavy atom. The maximum absolute atomic E-state index is 11.4. The van der Waals surface area contributed by atoms with Crippen LogP contribution < -0.4 is 5.32 Å². The molecule has 7 heteroatoms. The van der Waals surface area contributed by atoms with Crippen LogP contribution in [-0.2, 0) is 24.4 Å². The van der Waals surface area contributed by atoms with E-state index in [-0.39, 0.29) is 5.91 Å². The number of nitrogens with zero attached hydrogens (tertiary/aromatic N) is 3. The van der Waals surface area contributed by atoms with Gasteiger partial charge >= 0.3 is 0 Å². The standard InChI is InChI=1S/C22H24Cl2N4O/c1-15-21(22(24)28(26-15)14-17-7-9-19(23)10-8-17)12-25-20-6-4-5-18(11-20)13-27(3)16(2)29/h4-11,25H,12-14H2,1-3H3. The number of rotatable bonds is 7. The smallest absolute Gasteiger partial charge is 0.219 e. The average molecular weight is 431 g/mol. The van der Waals surface area contributed by atoms with Gasteiger partial charge in [0.1, 0.15) is 5.15 Å². The number of aryl methyl sites for hydroxylation is 1. The zero-order valence-electron chi connectivity index (χ0n) is 16.7. The van der Waals surface area contributed by atoms with Gasteiger partial charge < -0.3 is 10.2 Å². The minimum absolute atomic E-state index is 0.0406. The Hall–Kier alpha value is -2.50. The van der Waals surface area contributed by atoms with Crippen LogP contribution in [0.2, 0.25) is 10.2 Å². The first-order valence-electron chi connectivity index (χ1n) is 9.34. The Bertz CT molecular complexity index is 999. The number of aromatic nitrogens is 2. The molecular formula is C22H24Cl2N4O. The fourth-order valence-corrected chi connectivity index (χ4v) is 3.44. The van der Waals surface area contributed by atoms with Crippen molar-refractivity contribution in [1.82, 2.24) is 14.7 Å². The fraction of sp³-hybridized carbons (Fsp3) is 0.273. The predicted molar refractivity (Wildman–Crippen MR) is 118 cm³/mol. The summed E-state index contributed by atoms with van der Waals surface area (Å²) in [6.45, 7) is 5.25. The number of hydrogen-bond donors (Lipinski definition) is 1. The highest BCUT2D eigenvalue weighted by molar-refractivity contribution is 6.30. The molecule has 1 amide bonds. The monoisotopic (exact) mass is 430 g/mol. The van der Waals surface area contributed by atoms with Crippen LogP contribution in [0, 0.1) is 6.92 Å². The molecule has 3 aromatic rings. The van der Waals surface area contributed by atoms with Crippen LogP contribution in [0.1, 0.15) is 29.3 Å². The first-order chi connectivity index (χ1) is 13.8. The van der Waals surface area contributed by atoms with Gasteiger partial charge in [0, 0.05) is 43.3 Å². The van der Waals surface area contributed by atoms with Gasteiger partial charge in [-0.2, -0.15) is 5.10 Å². The summed E-state index contributed by atoms with van der Waals surface area (Å²) in [7, 11) is 1.79. The molecule has 0 atom stereocenters. The lowest BCUT2D eigenvalue weighted by Crippen LogP contribution is -2.23. The van der Waals surface area contributed by atoms with E-state index >= 15 is 0 Å². The topological polar surface area (TPSA) is 50.2 Å². The van der Waals surface area contributed by atoms with Crippen molar-refractivity contribution in [2.75, 3.05) is 12.4 Å². The highest BCUT2D eigenvalue weighted by Gasteiger charge is 2.14. The number of carbonyl (C=O) groups is 1. The van der Waals surface area contributed by atoms with Gasteiger partial charge in [-0.25, -0.2) is 4.68 Å². The second-order valence-electron chi connectivity index (χ2n) is 7.07. The Morgan fingerprint density at radius 3 is 2.55 bits per heavy atom.